The van der Waals surface area contributed by atoms with Gasteiger partial charge >= 0.3 is 0 Å². The van der Waals surface area contributed by atoms with E-state index in [1.807, 2.05) is 41.5 Å². The standard InChI is InChI=1S/C17H18N6OS/c1-10-7-22-8-12(19-11(2)15(22)18-10)16-20-13-9-23(21-17(13)25-16)14-5-3-4-6-24-14/h7-9,14H,3-6H2,1-2H3. The molecule has 4 aromatic heterocycles. The quantitative estimate of drug-likeness (QED) is 0.551. The van der Waals surface area contributed by atoms with Crippen LogP contribution in [-0.4, -0.2) is 35.7 Å². The van der Waals surface area contributed by atoms with Gasteiger partial charge in [0.05, 0.1) is 17.6 Å². The average Bonchev–Trinajstić information content (AvgIpc) is 3.27. The van der Waals surface area contributed by atoms with Crippen molar-refractivity contribution in [3.8, 4) is 10.7 Å². The van der Waals surface area contributed by atoms with E-state index in [2.05, 4.69) is 15.1 Å². The lowest BCUT2D eigenvalue weighted by Gasteiger charge is -2.22. The number of imidazole rings is 1. The summed E-state index contributed by atoms with van der Waals surface area (Å²) in [6, 6.07) is 0. The van der Waals surface area contributed by atoms with Gasteiger partial charge in [0.25, 0.3) is 0 Å². The SMILES string of the molecule is Cc1cn2cc(-c3nc4cn(C5CCCCO5)nc4s3)nc(C)c2n1. The van der Waals surface area contributed by atoms with E-state index in [1.54, 1.807) is 11.3 Å². The zero-order chi connectivity index (χ0) is 17.0. The number of aryl methyl sites for hydroxylation is 2. The lowest BCUT2D eigenvalue weighted by molar-refractivity contribution is -0.0390. The van der Waals surface area contributed by atoms with E-state index in [1.165, 1.54) is 6.42 Å². The third kappa shape index (κ3) is 2.52. The first-order valence-electron chi connectivity index (χ1n) is 8.48. The van der Waals surface area contributed by atoms with Crippen molar-refractivity contribution in [1.82, 2.24) is 29.1 Å². The highest BCUT2D eigenvalue weighted by atomic mass is 32.1. The minimum Gasteiger partial charge on any atom is -0.357 e. The summed E-state index contributed by atoms with van der Waals surface area (Å²) >= 11 is 1.56. The maximum Gasteiger partial charge on any atom is 0.166 e. The van der Waals surface area contributed by atoms with Crippen LogP contribution in [0.4, 0.5) is 0 Å². The number of thiazole rings is 1. The van der Waals surface area contributed by atoms with Gasteiger partial charge in [-0.1, -0.05) is 11.3 Å². The first kappa shape index (κ1) is 15.0. The normalized spacial score (nSPS) is 18.4. The maximum absolute atomic E-state index is 5.80. The van der Waals surface area contributed by atoms with Crippen LogP contribution in [0.1, 0.15) is 36.9 Å². The Balaban J connectivity index is 1.53. The summed E-state index contributed by atoms with van der Waals surface area (Å²) in [5, 5.41) is 5.55. The first-order valence-corrected chi connectivity index (χ1v) is 9.30. The molecule has 7 nitrogen and oxygen atoms in total. The van der Waals surface area contributed by atoms with Crippen LogP contribution in [-0.2, 0) is 4.74 Å². The monoisotopic (exact) mass is 354 g/mol. The largest absolute Gasteiger partial charge is 0.357 e. The number of hydrogen-bond donors (Lipinski definition) is 0. The van der Waals surface area contributed by atoms with Gasteiger partial charge in [-0.3, -0.25) is 0 Å². The van der Waals surface area contributed by atoms with Crippen molar-refractivity contribution in [2.24, 2.45) is 0 Å². The molecule has 1 atom stereocenters. The van der Waals surface area contributed by atoms with E-state index < -0.39 is 0 Å². The molecule has 0 amide bonds. The predicted molar refractivity (Wildman–Crippen MR) is 95.7 cm³/mol. The number of aromatic nitrogens is 6. The third-order valence-corrected chi connectivity index (χ3v) is 5.47. The van der Waals surface area contributed by atoms with E-state index in [9.17, 15) is 0 Å². The lowest BCUT2D eigenvalue weighted by atomic mass is 10.2. The number of hydrogen-bond acceptors (Lipinski definition) is 6. The number of nitrogens with zero attached hydrogens (tertiary/aromatic N) is 6. The molecule has 0 aliphatic carbocycles. The Bertz CT molecular complexity index is 1040. The summed E-state index contributed by atoms with van der Waals surface area (Å²) in [5.74, 6) is 0. The summed E-state index contributed by atoms with van der Waals surface area (Å²) in [6.45, 7) is 4.77. The maximum atomic E-state index is 5.80. The van der Waals surface area contributed by atoms with Crippen molar-refractivity contribution >= 4 is 27.3 Å². The van der Waals surface area contributed by atoms with Crippen LogP contribution in [0.25, 0.3) is 26.7 Å². The molecule has 128 valence electrons. The van der Waals surface area contributed by atoms with Gasteiger partial charge in [0, 0.05) is 19.0 Å². The van der Waals surface area contributed by atoms with Crippen LogP contribution in [0.15, 0.2) is 18.6 Å². The molecule has 1 fully saturated rings. The molecule has 0 aromatic carbocycles. The van der Waals surface area contributed by atoms with Crippen molar-refractivity contribution in [3.63, 3.8) is 0 Å². The Kier molecular flexibility index (Phi) is 3.36. The molecule has 1 saturated heterocycles. The van der Waals surface area contributed by atoms with Crippen molar-refractivity contribution in [2.45, 2.75) is 39.3 Å². The fraction of sp³-hybridized carbons (Fsp3) is 0.412. The van der Waals surface area contributed by atoms with Crippen LogP contribution >= 0.6 is 11.3 Å². The zero-order valence-electron chi connectivity index (χ0n) is 14.1. The minimum atomic E-state index is 0.0456. The molecular formula is C17H18N6OS. The second-order valence-electron chi connectivity index (χ2n) is 6.46. The minimum absolute atomic E-state index is 0.0456. The molecule has 1 aliphatic heterocycles. The average molecular weight is 354 g/mol. The van der Waals surface area contributed by atoms with Gasteiger partial charge in [-0.2, -0.15) is 5.10 Å². The second-order valence-corrected chi connectivity index (χ2v) is 7.44. The van der Waals surface area contributed by atoms with E-state index in [0.717, 1.165) is 57.5 Å². The predicted octanol–water partition coefficient (Wildman–Crippen LogP) is 3.52. The van der Waals surface area contributed by atoms with Crippen LogP contribution in [0, 0.1) is 13.8 Å². The van der Waals surface area contributed by atoms with Crippen molar-refractivity contribution in [2.75, 3.05) is 6.61 Å². The smallest absolute Gasteiger partial charge is 0.166 e. The Morgan fingerprint density at radius 2 is 2.04 bits per heavy atom. The lowest BCUT2D eigenvalue weighted by Crippen LogP contribution is -2.18. The van der Waals surface area contributed by atoms with Crippen LogP contribution in [0.3, 0.4) is 0 Å². The molecule has 1 unspecified atom stereocenters. The molecule has 0 spiro atoms. The highest BCUT2D eigenvalue weighted by Crippen LogP contribution is 2.31. The highest BCUT2D eigenvalue weighted by molar-refractivity contribution is 7.21. The Hall–Kier alpha value is -2.32. The summed E-state index contributed by atoms with van der Waals surface area (Å²) in [7, 11) is 0. The molecule has 5 heterocycles. The highest BCUT2D eigenvalue weighted by Gasteiger charge is 2.19. The fourth-order valence-electron chi connectivity index (χ4n) is 3.30. The van der Waals surface area contributed by atoms with Gasteiger partial charge in [0.15, 0.2) is 10.5 Å². The van der Waals surface area contributed by atoms with Crippen LogP contribution in [0.2, 0.25) is 0 Å². The number of fused-ring (bicyclic) bond motifs is 2. The molecule has 0 radical (unpaired) electrons. The van der Waals surface area contributed by atoms with E-state index >= 15 is 0 Å². The van der Waals surface area contributed by atoms with Gasteiger partial charge < -0.3 is 9.14 Å². The second kappa shape index (κ2) is 5.60. The zero-order valence-corrected chi connectivity index (χ0v) is 15.0. The molecule has 4 aromatic rings. The summed E-state index contributed by atoms with van der Waals surface area (Å²) in [5.41, 5.74) is 4.53. The Morgan fingerprint density at radius 3 is 2.84 bits per heavy atom. The number of ether oxygens (including phenoxy) is 1. The van der Waals surface area contributed by atoms with E-state index in [4.69, 9.17) is 9.72 Å². The third-order valence-electron chi connectivity index (χ3n) is 4.49. The van der Waals surface area contributed by atoms with Gasteiger partial charge in [0.2, 0.25) is 0 Å². The van der Waals surface area contributed by atoms with Crippen LogP contribution in [0.5, 0.6) is 0 Å². The molecule has 5 rings (SSSR count). The molecule has 0 saturated carbocycles. The Morgan fingerprint density at radius 1 is 1.12 bits per heavy atom. The molecule has 0 N–H and O–H groups in total. The molecule has 25 heavy (non-hydrogen) atoms. The summed E-state index contributed by atoms with van der Waals surface area (Å²) < 4.78 is 9.73. The molecule has 1 aliphatic rings. The molecular weight excluding hydrogens is 336 g/mol. The molecule has 0 bridgehead atoms. The van der Waals surface area contributed by atoms with Crippen molar-refractivity contribution in [3.05, 3.63) is 30.0 Å². The van der Waals surface area contributed by atoms with Gasteiger partial charge in [-0.15, -0.1) is 0 Å². The van der Waals surface area contributed by atoms with Gasteiger partial charge in [-0.25, -0.2) is 19.6 Å². The van der Waals surface area contributed by atoms with E-state index in [-0.39, 0.29) is 6.23 Å². The van der Waals surface area contributed by atoms with Crippen molar-refractivity contribution in [1.29, 1.82) is 0 Å². The topological polar surface area (TPSA) is 70.1 Å². The Labute approximate surface area is 148 Å². The van der Waals surface area contributed by atoms with Crippen LogP contribution < -0.4 is 0 Å². The van der Waals surface area contributed by atoms with Gasteiger partial charge in [-0.05, 0) is 33.1 Å². The fourth-order valence-corrected chi connectivity index (χ4v) is 4.17. The van der Waals surface area contributed by atoms with Gasteiger partial charge in [0.1, 0.15) is 22.4 Å². The van der Waals surface area contributed by atoms with E-state index in [0.29, 0.717) is 0 Å². The molecule has 8 heteroatoms. The van der Waals surface area contributed by atoms with Crippen molar-refractivity contribution < 1.29 is 4.74 Å². The summed E-state index contributed by atoms with van der Waals surface area (Å²) in [6.07, 6.45) is 9.35. The number of rotatable bonds is 2. The first-order chi connectivity index (χ1) is 12.2. The summed E-state index contributed by atoms with van der Waals surface area (Å²) in [4.78, 5) is 14.8.